The van der Waals surface area contributed by atoms with Crippen molar-refractivity contribution in [3.8, 4) is 11.5 Å². The lowest BCUT2D eigenvalue weighted by Crippen LogP contribution is -1.96. The summed E-state index contributed by atoms with van der Waals surface area (Å²) >= 11 is 1.45. The SMILES string of the molecule is O=[N+]([O-])c1cc2c(cc1/C=N\Nc1nc3ccccc3s1)OCO2. The summed E-state index contributed by atoms with van der Waals surface area (Å²) < 4.78 is 11.4. The number of anilines is 1. The number of rotatable bonds is 4. The number of nitrogens with zero attached hydrogens (tertiary/aromatic N) is 3. The Hall–Kier alpha value is -3.20. The fraction of sp³-hybridized carbons (Fsp3) is 0.0667. The number of benzene rings is 2. The number of thiazole rings is 1. The normalized spacial score (nSPS) is 12.8. The minimum atomic E-state index is -0.485. The van der Waals surface area contributed by atoms with E-state index >= 15 is 0 Å². The van der Waals surface area contributed by atoms with Crippen LogP contribution in [0.25, 0.3) is 10.2 Å². The Morgan fingerprint density at radius 1 is 1.29 bits per heavy atom. The standard InChI is InChI=1S/C15H10N4O4S/c20-19(21)11-6-13-12(22-8-23-13)5-9(11)7-16-18-15-17-10-3-1-2-4-14(10)24-15/h1-7H,8H2,(H,17,18)/b16-7-. The van der Waals surface area contributed by atoms with E-state index in [0.717, 1.165) is 10.2 Å². The van der Waals surface area contributed by atoms with Crippen molar-refractivity contribution in [3.05, 3.63) is 52.1 Å². The highest BCUT2D eigenvalue weighted by Crippen LogP contribution is 2.37. The fourth-order valence-electron chi connectivity index (χ4n) is 2.29. The smallest absolute Gasteiger partial charge is 0.282 e. The molecule has 120 valence electrons. The monoisotopic (exact) mass is 342 g/mol. The number of nitrogens with one attached hydrogen (secondary N) is 1. The van der Waals surface area contributed by atoms with Crippen molar-refractivity contribution in [2.24, 2.45) is 5.10 Å². The first-order chi connectivity index (χ1) is 11.7. The van der Waals surface area contributed by atoms with Gasteiger partial charge in [-0.1, -0.05) is 23.5 Å². The fourth-order valence-corrected chi connectivity index (χ4v) is 3.10. The molecule has 0 spiro atoms. The largest absolute Gasteiger partial charge is 0.454 e. The molecule has 0 amide bonds. The van der Waals surface area contributed by atoms with Crippen molar-refractivity contribution in [2.75, 3.05) is 12.2 Å². The van der Waals surface area contributed by atoms with E-state index in [9.17, 15) is 10.1 Å². The van der Waals surface area contributed by atoms with E-state index < -0.39 is 4.92 Å². The van der Waals surface area contributed by atoms with Crippen LogP contribution in [0, 0.1) is 10.1 Å². The lowest BCUT2D eigenvalue weighted by molar-refractivity contribution is -0.385. The first-order valence-electron chi connectivity index (χ1n) is 6.93. The molecule has 2 aromatic carbocycles. The van der Waals surface area contributed by atoms with Crippen molar-refractivity contribution in [2.45, 2.75) is 0 Å². The van der Waals surface area contributed by atoms with Crippen molar-refractivity contribution in [1.29, 1.82) is 0 Å². The molecule has 1 aromatic heterocycles. The van der Waals surface area contributed by atoms with E-state index in [4.69, 9.17) is 9.47 Å². The molecule has 3 aromatic rings. The number of hydrogen-bond acceptors (Lipinski definition) is 8. The van der Waals surface area contributed by atoms with Gasteiger partial charge in [-0.15, -0.1) is 0 Å². The third-order valence-corrected chi connectivity index (χ3v) is 4.32. The van der Waals surface area contributed by atoms with Crippen molar-refractivity contribution >= 4 is 38.6 Å². The van der Waals surface area contributed by atoms with Crippen molar-refractivity contribution in [3.63, 3.8) is 0 Å². The van der Waals surface area contributed by atoms with Crippen LogP contribution in [-0.2, 0) is 0 Å². The Labute approximate surface area is 139 Å². The van der Waals surface area contributed by atoms with Crippen LogP contribution in [0.4, 0.5) is 10.8 Å². The number of aromatic nitrogens is 1. The van der Waals surface area contributed by atoms with E-state index in [2.05, 4.69) is 15.5 Å². The number of nitro benzene ring substituents is 1. The summed E-state index contributed by atoms with van der Waals surface area (Å²) in [5.74, 6) is 0.819. The predicted molar refractivity (Wildman–Crippen MR) is 90.1 cm³/mol. The number of ether oxygens (including phenoxy) is 2. The third kappa shape index (κ3) is 2.61. The average Bonchev–Trinajstić information content (AvgIpc) is 3.19. The molecule has 0 fully saturated rings. The second-order valence-corrected chi connectivity index (χ2v) is 5.91. The summed E-state index contributed by atoms with van der Waals surface area (Å²) in [5, 5.41) is 15.8. The number of para-hydroxylation sites is 1. The quantitative estimate of drug-likeness (QED) is 0.443. The molecule has 4 rings (SSSR count). The van der Waals surface area contributed by atoms with Gasteiger partial charge in [-0.3, -0.25) is 15.5 Å². The third-order valence-electron chi connectivity index (χ3n) is 3.38. The molecule has 0 aliphatic carbocycles. The first-order valence-corrected chi connectivity index (χ1v) is 7.75. The van der Waals surface area contributed by atoms with E-state index in [-0.39, 0.29) is 12.5 Å². The van der Waals surface area contributed by atoms with Crippen LogP contribution in [0.5, 0.6) is 11.5 Å². The number of hydrazone groups is 1. The maximum atomic E-state index is 11.2. The zero-order valence-electron chi connectivity index (χ0n) is 12.1. The molecule has 0 bridgehead atoms. The van der Waals surface area contributed by atoms with Crippen molar-refractivity contribution < 1.29 is 14.4 Å². The molecule has 0 unspecified atom stereocenters. The zero-order valence-corrected chi connectivity index (χ0v) is 12.9. The van der Waals surface area contributed by atoms with Crippen LogP contribution >= 0.6 is 11.3 Å². The van der Waals surface area contributed by atoms with Crippen LogP contribution in [0.2, 0.25) is 0 Å². The number of fused-ring (bicyclic) bond motifs is 2. The van der Waals surface area contributed by atoms with Gasteiger partial charge >= 0.3 is 0 Å². The van der Waals surface area contributed by atoms with Gasteiger partial charge in [0.1, 0.15) is 0 Å². The lowest BCUT2D eigenvalue weighted by Gasteiger charge is -2.00. The highest BCUT2D eigenvalue weighted by molar-refractivity contribution is 7.22. The van der Waals surface area contributed by atoms with Gasteiger partial charge in [-0.25, -0.2) is 4.98 Å². The maximum Gasteiger partial charge on any atom is 0.282 e. The van der Waals surface area contributed by atoms with Gasteiger partial charge in [0.2, 0.25) is 11.9 Å². The van der Waals surface area contributed by atoms with Gasteiger partial charge < -0.3 is 9.47 Å². The van der Waals surface area contributed by atoms with E-state index in [1.54, 1.807) is 0 Å². The lowest BCUT2D eigenvalue weighted by atomic mass is 10.1. The van der Waals surface area contributed by atoms with Crippen LogP contribution < -0.4 is 14.9 Å². The highest BCUT2D eigenvalue weighted by atomic mass is 32.1. The molecular formula is C15H10N4O4S. The summed E-state index contributed by atoms with van der Waals surface area (Å²) in [7, 11) is 0. The zero-order chi connectivity index (χ0) is 16.5. The molecule has 0 radical (unpaired) electrons. The molecule has 1 aliphatic heterocycles. The Kier molecular flexibility index (Phi) is 3.47. The number of hydrogen-bond donors (Lipinski definition) is 1. The van der Waals surface area contributed by atoms with Crippen LogP contribution in [-0.4, -0.2) is 22.9 Å². The average molecular weight is 342 g/mol. The molecule has 0 saturated heterocycles. The molecule has 8 nitrogen and oxygen atoms in total. The van der Waals surface area contributed by atoms with E-state index in [1.807, 2.05) is 24.3 Å². The Bertz CT molecular complexity index is 936. The molecule has 1 aliphatic rings. The Morgan fingerprint density at radius 3 is 2.88 bits per heavy atom. The predicted octanol–water partition coefficient (Wildman–Crippen LogP) is 3.38. The molecule has 1 N–H and O–H groups in total. The van der Waals surface area contributed by atoms with Gasteiger partial charge in [0, 0.05) is 0 Å². The molecule has 0 atom stereocenters. The van der Waals surface area contributed by atoms with Gasteiger partial charge in [-0.05, 0) is 18.2 Å². The molecule has 0 saturated carbocycles. The topological polar surface area (TPSA) is 98.9 Å². The van der Waals surface area contributed by atoms with Crippen LogP contribution in [0.3, 0.4) is 0 Å². The van der Waals surface area contributed by atoms with Crippen LogP contribution in [0.1, 0.15) is 5.56 Å². The summed E-state index contributed by atoms with van der Waals surface area (Å²) in [6.45, 7) is 0.0526. The van der Waals surface area contributed by atoms with E-state index in [0.29, 0.717) is 22.2 Å². The second-order valence-electron chi connectivity index (χ2n) is 4.88. The molecule has 9 heteroatoms. The minimum Gasteiger partial charge on any atom is -0.454 e. The summed E-state index contributed by atoms with van der Waals surface area (Å²) in [6.07, 6.45) is 1.37. The Morgan fingerprint density at radius 2 is 2.08 bits per heavy atom. The van der Waals surface area contributed by atoms with Gasteiger partial charge in [0.15, 0.2) is 11.5 Å². The van der Waals surface area contributed by atoms with Crippen molar-refractivity contribution in [1.82, 2.24) is 4.98 Å². The Balaban J connectivity index is 1.60. The summed E-state index contributed by atoms with van der Waals surface area (Å²) in [4.78, 5) is 15.1. The van der Waals surface area contributed by atoms with Gasteiger partial charge in [0.25, 0.3) is 5.69 Å². The second kappa shape index (κ2) is 5.78. The van der Waals surface area contributed by atoms with Gasteiger partial charge in [0.05, 0.1) is 33.0 Å². The number of nitro groups is 1. The summed E-state index contributed by atoms with van der Waals surface area (Å²) in [6, 6.07) is 10.6. The molecule has 24 heavy (non-hydrogen) atoms. The molecular weight excluding hydrogens is 332 g/mol. The maximum absolute atomic E-state index is 11.2. The first kappa shape index (κ1) is 14.4. The van der Waals surface area contributed by atoms with Gasteiger partial charge in [-0.2, -0.15) is 5.10 Å². The molecule has 2 heterocycles. The van der Waals surface area contributed by atoms with E-state index in [1.165, 1.54) is 29.7 Å². The summed E-state index contributed by atoms with van der Waals surface area (Å²) in [5.41, 5.74) is 3.88. The highest BCUT2D eigenvalue weighted by Gasteiger charge is 2.22. The van der Waals surface area contributed by atoms with Crippen LogP contribution in [0.15, 0.2) is 41.5 Å². The minimum absolute atomic E-state index is 0.0526.